The van der Waals surface area contributed by atoms with Gasteiger partial charge in [-0.2, -0.15) is 0 Å². The molecule has 8 heteroatoms. The molecule has 24 heavy (non-hydrogen) atoms. The largest absolute Gasteiger partial charge is 0.439 e. The normalized spacial score (nSPS) is 10.5. The fourth-order valence-electron chi connectivity index (χ4n) is 1.91. The number of carbonyl (C=O) groups is 1. The molecule has 1 amide bonds. The van der Waals surface area contributed by atoms with Crippen LogP contribution in [0.5, 0.6) is 11.6 Å². The monoisotopic (exact) mass is 362 g/mol. The van der Waals surface area contributed by atoms with Crippen molar-refractivity contribution in [3.05, 3.63) is 64.5 Å². The lowest BCUT2D eigenvalue weighted by Gasteiger charge is -2.08. The van der Waals surface area contributed by atoms with Gasteiger partial charge in [-0.25, -0.2) is 9.97 Å². The molecule has 0 aliphatic heterocycles. The second kappa shape index (κ2) is 6.90. The molecule has 0 aliphatic carbocycles. The summed E-state index contributed by atoms with van der Waals surface area (Å²) < 4.78 is 7.30. The van der Waals surface area contributed by atoms with Crippen LogP contribution in [0, 0.1) is 0 Å². The van der Waals surface area contributed by atoms with Crippen LogP contribution in [0.25, 0.3) is 0 Å². The SMILES string of the molecule is Cn1ccnc1NC(=O)c1cccc(Oc2ccc(Cl)c(Cl)c2)n1. The van der Waals surface area contributed by atoms with Crippen LogP contribution < -0.4 is 10.1 Å². The van der Waals surface area contributed by atoms with Gasteiger partial charge in [0, 0.05) is 31.6 Å². The summed E-state index contributed by atoms with van der Waals surface area (Å²) in [6.07, 6.45) is 3.32. The van der Waals surface area contributed by atoms with Crippen molar-refractivity contribution in [2.24, 2.45) is 7.05 Å². The van der Waals surface area contributed by atoms with Crippen LogP contribution >= 0.6 is 23.2 Å². The molecule has 0 unspecified atom stereocenters. The van der Waals surface area contributed by atoms with E-state index in [0.29, 0.717) is 21.7 Å². The first-order valence-electron chi connectivity index (χ1n) is 6.91. The summed E-state index contributed by atoms with van der Waals surface area (Å²) in [5.41, 5.74) is 0.204. The smallest absolute Gasteiger partial charge is 0.276 e. The highest BCUT2D eigenvalue weighted by Gasteiger charge is 2.12. The maximum Gasteiger partial charge on any atom is 0.276 e. The first-order chi connectivity index (χ1) is 11.5. The second-order valence-corrected chi connectivity index (χ2v) is 5.67. The Labute approximate surface area is 148 Å². The summed E-state index contributed by atoms with van der Waals surface area (Å²) in [7, 11) is 1.78. The Hall–Kier alpha value is -2.57. The van der Waals surface area contributed by atoms with Gasteiger partial charge in [-0.15, -0.1) is 0 Å². The van der Waals surface area contributed by atoms with E-state index in [1.807, 2.05) is 0 Å². The molecule has 0 fully saturated rings. The summed E-state index contributed by atoms with van der Waals surface area (Å²) >= 11 is 11.8. The molecule has 2 heterocycles. The molecule has 0 atom stereocenters. The van der Waals surface area contributed by atoms with Crippen molar-refractivity contribution < 1.29 is 9.53 Å². The van der Waals surface area contributed by atoms with Crippen LogP contribution in [-0.2, 0) is 7.05 Å². The van der Waals surface area contributed by atoms with E-state index in [2.05, 4.69) is 15.3 Å². The summed E-state index contributed by atoms with van der Waals surface area (Å²) in [5, 5.41) is 3.47. The van der Waals surface area contributed by atoms with Gasteiger partial charge in [0.25, 0.3) is 5.91 Å². The number of aromatic nitrogens is 3. The molecular formula is C16H12Cl2N4O2. The number of nitrogens with one attached hydrogen (secondary N) is 1. The number of halogens is 2. The molecule has 2 aromatic heterocycles. The van der Waals surface area contributed by atoms with Gasteiger partial charge >= 0.3 is 0 Å². The lowest BCUT2D eigenvalue weighted by molar-refractivity contribution is 0.102. The molecule has 1 N–H and O–H groups in total. The van der Waals surface area contributed by atoms with Crippen LogP contribution in [0.15, 0.2) is 48.8 Å². The zero-order valence-electron chi connectivity index (χ0n) is 12.5. The lowest BCUT2D eigenvalue weighted by Crippen LogP contribution is -2.16. The molecular weight excluding hydrogens is 351 g/mol. The minimum atomic E-state index is -0.385. The average molecular weight is 363 g/mol. The Morgan fingerprint density at radius 2 is 2.04 bits per heavy atom. The first-order valence-corrected chi connectivity index (χ1v) is 7.67. The van der Waals surface area contributed by atoms with E-state index >= 15 is 0 Å². The van der Waals surface area contributed by atoms with Gasteiger partial charge in [0.05, 0.1) is 10.0 Å². The molecule has 1 aromatic carbocycles. The Bertz CT molecular complexity index is 895. The third-order valence-corrected chi connectivity index (χ3v) is 3.86. The number of benzene rings is 1. The fourth-order valence-corrected chi connectivity index (χ4v) is 2.20. The average Bonchev–Trinajstić information content (AvgIpc) is 2.96. The Morgan fingerprint density at radius 3 is 2.75 bits per heavy atom. The molecule has 0 bridgehead atoms. The number of hydrogen-bond donors (Lipinski definition) is 1. The van der Waals surface area contributed by atoms with E-state index in [-0.39, 0.29) is 17.5 Å². The third kappa shape index (κ3) is 3.67. The number of nitrogens with zero attached hydrogens (tertiary/aromatic N) is 3. The highest BCUT2D eigenvalue weighted by molar-refractivity contribution is 6.42. The standard InChI is InChI=1S/C16H12Cl2N4O2/c1-22-8-7-19-16(22)21-15(23)13-3-2-4-14(20-13)24-10-5-6-11(17)12(18)9-10/h2-9H,1H3,(H,19,21,23). The summed E-state index contributed by atoms with van der Waals surface area (Å²) in [4.78, 5) is 20.5. The number of aryl methyl sites for hydroxylation is 1. The zero-order valence-corrected chi connectivity index (χ0v) is 14.0. The number of hydrogen-bond acceptors (Lipinski definition) is 4. The highest BCUT2D eigenvalue weighted by atomic mass is 35.5. The minimum absolute atomic E-state index is 0.204. The molecule has 3 aromatic rings. The molecule has 0 saturated carbocycles. The van der Waals surface area contributed by atoms with Crippen molar-refractivity contribution >= 4 is 35.1 Å². The fraction of sp³-hybridized carbons (Fsp3) is 0.0625. The third-order valence-electron chi connectivity index (χ3n) is 3.12. The first kappa shape index (κ1) is 16.3. The van der Waals surface area contributed by atoms with Crippen LogP contribution in [0.1, 0.15) is 10.5 Å². The molecule has 122 valence electrons. The maximum absolute atomic E-state index is 12.2. The quantitative estimate of drug-likeness (QED) is 0.756. The zero-order chi connectivity index (χ0) is 17.1. The number of pyridine rings is 1. The Balaban J connectivity index is 1.77. The summed E-state index contributed by atoms with van der Waals surface area (Å²) in [6, 6.07) is 9.76. The molecule has 0 saturated heterocycles. The number of amides is 1. The van der Waals surface area contributed by atoms with Crippen molar-refractivity contribution in [1.29, 1.82) is 0 Å². The van der Waals surface area contributed by atoms with E-state index in [4.69, 9.17) is 27.9 Å². The van der Waals surface area contributed by atoms with Gasteiger partial charge in [0.15, 0.2) is 0 Å². The molecule has 3 rings (SSSR count). The van der Waals surface area contributed by atoms with Crippen LogP contribution in [0.3, 0.4) is 0 Å². The van der Waals surface area contributed by atoms with Crippen molar-refractivity contribution in [1.82, 2.24) is 14.5 Å². The van der Waals surface area contributed by atoms with Gasteiger partial charge in [0.1, 0.15) is 11.4 Å². The van der Waals surface area contributed by atoms with Crippen molar-refractivity contribution in [3.63, 3.8) is 0 Å². The van der Waals surface area contributed by atoms with E-state index in [9.17, 15) is 4.79 Å². The highest BCUT2D eigenvalue weighted by Crippen LogP contribution is 2.28. The van der Waals surface area contributed by atoms with Crippen molar-refractivity contribution in [3.8, 4) is 11.6 Å². The topological polar surface area (TPSA) is 69.0 Å². The van der Waals surface area contributed by atoms with Crippen molar-refractivity contribution in [2.75, 3.05) is 5.32 Å². The van der Waals surface area contributed by atoms with Crippen LogP contribution in [-0.4, -0.2) is 20.4 Å². The van der Waals surface area contributed by atoms with Gasteiger partial charge in [-0.05, 0) is 18.2 Å². The van der Waals surface area contributed by atoms with E-state index in [1.54, 1.807) is 60.4 Å². The Morgan fingerprint density at radius 1 is 1.21 bits per heavy atom. The molecule has 0 spiro atoms. The number of anilines is 1. The number of carbonyl (C=O) groups excluding carboxylic acids is 1. The summed E-state index contributed by atoms with van der Waals surface area (Å²) in [5.74, 6) is 0.779. The van der Waals surface area contributed by atoms with E-state index < -0.39 is 0 Å². The predicted molar refractivity (Wildman–Crippen MR) is 91.9 cm³/mol. The molecule has 6 nitrogen and oxygen atoms in total. The number of imidazole rings is 1. The van der Waals surface area contributed by atoms with E-state index in [1.165, 1.54) is 0 Å². The second-order valence-electron chi connectivity index (χ2n) is 4.85. The maximum atomic E-state index is 12.2. The van der Waals surface area contributed by atoms with Crippen LogP contribution in [0.4, 0.5) is 5.95 Å². The van der Waals surface area contributed by atoms with Gasteiger partial charge < -0.3 is 9.30 Å². The van der Waals surface area contributed by atoms with Crippen molar-refractivity contribution in [2.45, 2.75) is 0 Å². The van der Waals surface area contributed by atoms with Gasteiger partial charge in [0.2, 0.25) is 11.8 Å². The predicted octanol–water partition coefficient (Wildman–Crippen LogP) is 4.17. The minimum Gasteiger partial charge on any atom is -0.439 e. The van der Waals surface area contributed by atoms with Crippen LogP contribution in [0.2, 0.25) is 10.0 Å². The summed E-state index contributed by atoms with van der Waals surface area (Å²) in [6.45, 7) is 0. The molecule has 0 radical (unpaired) electrons. The number of ether oxygens (including phenoxy) is 1. The van der Waals surface area contributed by atoms with Gasteiger partial charge in [-0.3, -0.25) is 10.1 Å². The van der Waals surface area contributed by atoms with E-state index in [0.717, 1.165) is 0 Å². The Kier molecular flexibility index (Phi) is 4.69. The van der Waals surface area contributed by atoms with Gasteiger partial charge in [-0.1, -0.05) is 29.3 Å². The number of rotatable bonds is 4. The lowest BCUT2D eigenvalue weighted by atomic mass is 10.3. The molecule has 0 aliphatic rings.